The van der Waals surface area contributed by atoms with Crippen molar-refractivity contribution in [1.29, 1.82) is 0 Å². The van der Waals surface area contributed by atoms with Crippen LogP contribution >= 0.6 is 11.6 Å². The lowest BCUT2D eigenvalue weighted by Gasteiger charge is -2.28. The summed E-state index contributed by atoms with van der Waals surface area (Å²) in [6, 6.07) is 12.9. The number of sulfonamides is 2. The lowest BCUT2D eigenvalue weighted by Crippen LogP contribution is -2.48. The molecule has 0 bridgehead atoms. The lowest BCUT2D eigenvalue weighted by atomic mass is 10.2. The van der Waals surface area contributed by atoms with Crippen LogP contribution in [0.2, 0.25) is 5.02 Å². The van der Waals surface area contributed by atoms with Crippen LogP contribution in [-0.4, -0.2) is 71.0 Å². The van der Waals surface area contributed by atoms with Gasteiger partial charge in [-0.2, -0.15) is 8.61 Å². The first-order chi connectivity index (χ1) is 14.7. The monoisotopic (exact) mass is 487 g/mol. The number of piperazine rings is 1. The number of nitrogens with zero attached hydrogens (tertiary/aromatic N) is 2. The number of rotatable bonds is 9. The van der Waals surface area contributed by atoms with Crippen molar-refractivity contribution in [2.24, 2.45) is 0 Å². The summed E-state index contributed by atoms with van der Waals surface area (Å²) in [4.78, 5) is 0.0476. The van der Waals surface area contributed by atoms with Gasteiger partial charge in [0.2, 0.25) is 20.0 Å². The van der Waals surface area contributed by atoms with Crippen LogP contribution in [0.15, 0.2) is 53.4 Å². The van der Waals surface area contributed by atoms with E-state index < -0.39 is 20.0 Å². The molecule has 0 atom stereocenters. The Labute approximate surface area is 188 Å². The van der Waals surface area contributed by atoms with Gasteiger partial charge in [-0.15, -0.1) is 0 Å². The van der Waals surface area contributed by atoms with E-state index in [9.17, 15) is 16.8 Å². The maximum absolute atomic E-state index is 13.4. The summed E-state index contributed by atoms with van der Waals surface area (Å²) < 4.78 is 60.3. The number of benzene rings is 2. The zero-order valence-electron chi connectivity index (χ0n) is 17.2. The van der Waals surface area contributed by atoms with Crippen molar-refractivity contribution in [3.63, 3.8) is 0 Å². The molecule has 0 unspecified atom stereocenters. The van der Waals surface area contributed by atoms with Gasteiger partial charge < -0.3 is 10.1 Å². The summed E-state index contributed by atoms with van der Waals surface area (Å²) >= 11 is 5.90. The van der Waals surface area contributed by atoms with Crippen LogP contribution in [0.25, 0.3) is 0 Å². The second-order valence-electron chi connectivity index (χ2n) is 7.07. The van der Waals surface area contributed by atoms with Crippen molar-refractivity contribution in [1.82, 2.24) is 13.9 Å². The van der Waals surface area contributed by atoms with Crippen LogP contribution in [-0.2, 0) is 26.6 Å². The van der Waals surface area contributed by atoms with Gasteiger partial charge >= 0.3 is 0 Å². The summed E-state index contributed by atoms with van der Waals surface area (Å²) in [5, 5.41) is 3.52. The predicted octanol–water partition coefficient (Wildman–Crippen LogP) is 1.77. The highest BCUT2D eigenvalue weighted by atomic mass is 35.5. The quantitative estimate of drug-likeness (QED) is 0.579. The first-order valence-corrected chi connectivity index (χ1v) is 13.2. The molecule has 0 amide bonds. The van der Waals surface area contributed by atoms with E-state index in [2.05, 4.69) is 5.32 Å². The highest BCUT2D eigenvalue weighted by Crippen LogP contribution is 2.25. The van der Waals surface area contributed by atoms with Crippen LogP contribution in [0.4, 0.5) is 0 Å². The van der Waals surface area contributed by atoms with Gasteiger partial charge in [0.25, 0.3) is 0 Å². The van der Waals surface area contributed by atoms with Gasteiger partial charge in [-0.05, 0) is 30.3 Å². The maximum atomic E-state index is 13.4. The van der Waals surface area contributed by atoms with Crippen LogP contribution in [0.5, 0.6) is 5.75 Å². The zero-order valence-corrected chi connectivity index (χ0v) is 19.6. The van der Waals surface area contributed by atoms with Crippen LogP contribution in [0.1, 0.15) is 5.56 Å². The molecule has 0 spiro atoms. The molecule has 1 aliphatic heterocycles. The number of hydrogen-bond donors (Lipinski definition) is 1. The molecule has 0 saturated carbocycles. The fraction of sp³-hybridized carbons (Fsp3) is 0.400. The Morgan fingerprint density at radius 1 is 1.03 bits per heavy atom. The molecule has 0 radical (unpaired) electrons. The number of halogens is 1. The molecule has 1 heterocycles. The Bertz CT molecular complexity index is 1090. The van der Waals surface area contributed by atoms with Crippen LogP contribution in [0.3, 0.4) is 0 Å². The van der Waals surface area contributed by atoms with Gasteiger partial charge in [-0.1, -0.05) is 29.8 Å². The van der Waals surface area contributed by atoms with E-state index in [4.69, 9.17) is 16.3 Å². The molecule has 1 saturated heterocycles. The molecule has 3 rings (SSSR count). The molecule has 11 heteroatoms. The first kappa shape index (κ1) is 24.0. The third kappa shape index (κ3) is 5.97. The molecule has 1 fully saturated rings. The lowest BCUT2D eigenvalue weighted by molar-refractivity contribution is 0.354. The van der Waals surface area contributed by atoms with E-state index in [0.29, 0.717) is 42.5 Å². The highest BCUT2D eigenvalue weighted by Gasteiger charge is 2.30. The zero-order chi connectivity index (χ0) is 22.5. The van der Waals surface area contributed by atoms with Gasteiger partial charge in [0.15, 0.2) is 0 Å². The van der Waals surface area contributed by atoms with Crippen LogP contribution in [0, 0.1) is 0 Å². The molecule has 1 N–H and O–H groups in total. The van der Waals surface area contributed by atoms with Crippen molar-refractivity contribution >= 4 is 31.6 Å². The summed E-state index contributed by atoms with van der Waals surface area (Å²) in [5.41, 5.74) is 0.641. The minimum absolute atomic E-state index is 0.0218. The fourth-order valence-electron chi connectivity index (χ4n) is 3.33. The molecular weight excluding hydrogens is 462 g/mol. The predicted molar refractivity (Wildman–Crippen MR) is 120 cm³/mol. The molecule has 31 heavy (non-hydrogen) atoms. The molecular formula is C20H26ClN3O5S2. The van der Waals surface area contributed by atoms with Crippen LogP contribution < -0.4 is 10.1 Å². The fourth-order valence-corrected chi connectivity index (χ4v) is 6.44. The van der Waals surface area contributed by atoms with Crippen molar-refractivity contribution < 1.29 is 21.6 Å². The first-order valence-electron chi connectivity index (χ1n) is 9.80. The topological polar surface area (TPSA) is 96.0 Å². The molecule has 2 aromatic carbocycles. The smallest absolute Gasteiger partial charge is 0.243 e. The summed E-state index contributed by atoms with van der Waals surface area (Å²) in [6.45, 7) is 1.69. The Hall–Kier alpha value is -1.69. The average molecular weight is 488 g/mol. The van der Waals surface area contributed by atoms with E-state index in [1.165, 1.54) is 40.0 Å². The van der Waals surface area contributed by atoms with Crippen molar-refractivity contribution in [3.8, 4) is 5.75 Å². The minimum atomic E-state index is -3.97. The Balaban J connectivity index is 1.89. The summed E-state index contributed by atoms with van der Waals surface area (Å²) in [7, 11) is -6.07. The van der Waals surface area contributed by atoms with Gasteiger partial charge in [-0.3, -0.25) is 0 Å². The van der Waals surface area contributed by atoms with Gasteiger partial charge in [0.05, 0.1) is 17.8 Å². The van der Waals surface area contributed by atoms with E-state index in [-0.39, 0.29) is 23.7 Å². The normalized spacial score (nSPS) is 15.8. The van der Waals surface area contributed by atoms with Gasteiger partial charge in [0.1, 0.15) is 5.75 Å². The van der Waals surface area contributed by atoms with Crippen molar-refractivity contribution in [3.05, 3.63) is 59.1 Å². The number of nitrogens with one attached hydrogen (secondary N) is 1. The second kappa shape index (κ2) is 10.3. The van der Waals surface area contributed by atoms with Gasteiger partial charge in [0, 0.05) is 49.9 Å². The molecule has 0 aliphatic carbocycles. The summed E-state index contributed by atoms with van der Waals surface area (Å²) in [5.74, 6) is 0.221. The van der Waals surface area contributed by atoms with E-state index in [1.54, 1.807) is 24.3 Å². The summed E-state index contributed by atoms with van der Waals surface area (Å²) in [6.07, 6.45) is 0. The number of ether oxygens (including phenoxy) is 1. The largest absolute Gasteiger partial charge is 0.496 e. The van der Waals surface area contributed by atoms with Crippen molar-refractivity contribution in [2.75, 3.05) is 45.6 Å². The standard InChI is InChI=1S/C20H26ClN3O5S2/c1-29-20-5-3-2-4-17(20)16-24(31(27,28)19-8-6-18(21)7-9-19)14-15-30(25,26)23-12-10-22-11-13-23/h2-9,22H,10-16H2,1H3. The number of para-hydroxylation sites is 1. The number of hydrogen-bond acceptors (Lipinski definition) is 6. The average Bonchev–Trinajstić information content (AvgIpc) is 2.77. The molecule has 170 valence electrons. The Kier molecular flexibility index (Phi) is 7.95. The molecule has 2 aromatic rings. The molecule has 8 nitrogen and oxygen atoms in total. The molecule has 1 aliphatic rings. The Morgan fingerprint density at radius 3 is 2.32 bits per heavy atom. The SMILES string of the molecule is COc1ccccc1CN(CCS(=O)(=O)N1CCNCC1)S(=O)(=O)c1ccc(Cl)cc1. The van der Waals surface area contributed by atoms with E-state index in [0.717, 1.165) is 0 Å². The van der Waals surface area contributed by atoms with E-state index in [1.807, 2.05) is 0 Å². The maximum Gasteiger partial charge on any atom is 0.243 e. The number of methoxy groups -OCH3 is 1. The second-order valence-corrected chi connectivity index (χ2v) is 11.5. The third-order valence-electron chi connectivity index (χ3n) is 5.06. The minimum Gasteiger partial charge on any atom is -0.496 e. The Morgan fingerprint density at radius 2 is 1.68 bits per heavy atom. The van der Waals surface area contributed by atoms with E-state index >= 15 is 0 Å². The third-order valence-corrected chi connectivity index (χ3v) is 9.02. The van der Waals surface area contributed by atoms with Gasteiger partial charge in [-0.25, -0.2) is 16.8 Å². The highest BCUT2D eigenvalue weighted by molar-refractivity contribution is 7.90. The van der Waals surface area contributed by atoms with Crippen molar-refractivity contribution in [2.45, 2.75) is 11.4 Å². The molecule has 0 aromatic heterocycles.